The minimum atomic E-state index is -3.68. The topological polar surface area (TPSA) is 113 Å². The largest absolute Gasteiger partial charge is 0.481 e. The fourth-order valence-corrected chi connectivity index (χ4v) is 2.69. The molecule has 0 heterocycles. The maximum absolute atomic E-state index is 11.9. The van der Waals surface area contributed by atoms with Crippen LogP contribution in [0, 0.1) is 5.92 Å². The number of sulfonamides is 1. The fraction of sp³-hybridized carbons (Fsp3) is 0.385. The Kier molecular flexibility index (Phi) is 5.86. The van der Waals surface area contributed by atoms with E-state index in [0.29, 0.717) is 0 Å². The molecule has 0 aliphatic carbocycles. The van der Waals surface area contributed by atoms with Crippen LogP contribution >= 0.6 is 0 Å². The SMILES string of the molecule is CNS(=O)(=O)c1ccccc1NC(=O)CC(C)CC(=O)O. The van der Waals surface area contributed by atoms with Gasteiger partial charge in [-0.15, -0.1) is 0 Å². The molecule has 0 saturated carbocycles. The van der Waals surface area contributed by atoms with Crippen LogP contribution in [0.25, 0.3) is 0 Å². The molecule has 1 amide bonds. The highest BCUT2D eigenvalue weighted by Gasteiger charge is 2.18. The Hall–Kier alpha value is -1.93. The van der Waals surface area contributed by atoms with Gasteiger partial charge < -0.3 is 10.4 Å². The molecular weight excluding hydrogens is 296 g/mol. The zero-order chi connectivity index (χ0) is 16.0. The van der Waals surface area contributed by atoms with Crippen molar-refractivity contribution in [3.05, 3.63) is 24.3 Å². The Labute approximate surface area is 123 Å². The van der Waals surface area contributed by atoms with Crippen molar-refractivity contribution in [3.63, 3.8) is 0 Å². The van der Waals surface area contributed by atoms with E-state index in [0.717, 1.165) is 0 Å². The number of carbonyl (C=O) groups excluding carboxylic acids is 1. The molecule has 0 aromatic heterocycles. The second-order valence-corrected chi connectivity index (χ2v) is 6.51. The molecule has 0 saturated heterocycles. The van der Waals surface area contributed by atoms with Gasteiger partial charge in [-0.25, -0.2) is 13.1 Å². The van der Waals surface area contributed by atoms with Crippen LogP contribution in [0.3, 0.4) is 0 Å². The Morgan fingerprint density at radius 1 is 1.24 bits per heavy atom. The number of aliphatic carboxylic acids is 1. The van der Waals surface area contributed by atoms with Gasteiger partial charge in [0, 0.05) is 12.8 Å². The highest BCUT2D eigenvalue weighted by Crippen LogP contribution is 2.21. The summed E-state index contributed by atoms with van der Waals surface area (Å²) in [6.07, 6.45) is -0.121. The summed E-state index contributed by atoms with van der Waals surface area (Å²) in [4.78, 5) is 22.4. The van der Waals surface area contributed by atoms with Crippen LogP contribution in [0.15, 0.2) is 29.2 Å². The number of nitrogens with one attached hydrogen (secondary N) is 2. The Balaban J connectivity index is 2.85. The number of benzene rings is 1. The summed E-state index contributed by atoms with van der Waals surface area (Å²) in [7, 11) is -2.40. The first kappa shape index (κ1) is 17.1. The van der Waals surface area contributed by atoms with Crippen LogP contribution in [0.5, 0.6) is 0 Å². The molecule has 1 unspecified atom stereocenters. The zero-order valence-electron chi connectivity index (χ0n) is 11.8. The van der Waals surface area contributed by atoms with Crippen molar-refractivity contribution in [3.8, 4) is 0 Å². The van der Waals surface area contributed by atoms with Crippen LogP contribution in [0.2, 0.25) is 0 Å². The van der Waals surface area contributed by atoms with Gasteiger partial charge in [0.05, 0.1) is 5.69 Å². The average molecular weight is 314 g/mol. The Morgan fingerprint density at radius 3 is 2.43 bits per heavy atom. The predicted molar refractivity (Wildman–Crippen MR) is 77.4 cm³/mol. The van der Waals surface area contributed by atoms with Gasteiger partial charge in [-0.3, -0.25) is 9.59 Å². The molecule has 0 spiro atoms. The Bertz CT molecular complexity index is 627. The van der Waals surface area contributed by atoms with E-state index in [1.165, 1.54) is 19.2 Å². The molecule has 8 heteroatoms. The van der Waals surface area contributed by atoms with Gasteiger partial charge in [-0.05, 0) is 25.1 Å². The normalized spacial score (nSPS) is 12.7. The number of hydrogen-bond donors (Lipinski definition) is 3. The van der Waals surface area contributed by atoms with Gasteiger partial charge in [-0.1, -0.05) is 19.1 Å². The monoisotopic (exact) mass is 314 g/mol. The number of carboxylic acids is 1. The molecule has 0 aliphatic rings. The van der Waals surface area contributed by atoms with E-state index in [4.69, 9.17) is 5.11 Å². The molecule has 0 radical (unpaired) electrons. The van der Waals surface area contributed by atoms with E-state index in [1.807, 2.05) is 0 Å². The molecule has 0 bridgehead atoms. The number of rotatable bonds is 7. The van der Waals surface area contributed by atoms with Crippen LogP contribution in [0.4, 0.5) is 5.69 Å². The van der Waals surface area contributed by atoms with E-state index in [-0.39, 0.29) is 29.3 Å². The van der Waals surface area contributed by atoms with Gasteiger partial charge in [0.15, 0.2) is 0 Å². The lowest BCUT2D eigenvalue weighted by Crippen LogP contribution is -2.22. The molecule has 1 rings (SSSR count). The molecule has 116 valence electrons. The van der Waals surface area contributed by atoms with Crippen molar-refractivity contribution < 1.29 is 23.1 Å². The summed E-state index contributed by atoms with van der Waals surface area (Å²) >= 11 is 0. The molecule has 1 aromatic rings. The van der Waals surface area contributed by atoms with Crippen molar-refractivity contribution in [2.45, 2.75) is 24.7 Å². The quantitative estimate of drug-likeness (QED) is 0.696. The van der Waals surface area contributed by atoms with Crippen LogP contribution < -0.4 is 10.0 Å². The first-order valence-corrected chi connectivity index (χ1v) is 7.78. The van der Waals surface area contributed by atoms with Gasteiger partial charge in [0.1, 0.15) is 4.90 Å². The third-order valence-corrected chi connectivity index (χ3v) is 4.25. The lowest BCUT2D eigenvalue weighted by molar-refractivity contribution is -0.138. The third kappa shape index (κ3) is 5.16. The molecular formula is C13H18N2O5S. The highest BCUT2D eigenvalue weighted by molar-refractivity contribution is 7.89. The number of carboxylic acid groups (broad SMARTS) is 1. The second kappa shape index (κ2) is 7.19. The van der Waals surface area contributed by atoms with Gasteiger partial charge in [-0.2, -0.15) is 0 Å². The fourth-order valence-electron chi connectivity index (χ4n) is 1.80. The molecule has 1 aromatic carbocycles. The van der Waals surface area contributed by atoms with Crippen molar-refractivity contribution >= 4 is 27.6 Å². The van der Waals surface area contributed by atoms with Gasteiger partial charge in [0.25, 0.3) is 0 Å². The summed E-state index contributed by atoms with van der Waals surface area (Å²) in [5, 5.41) is 11.2. The summed E-state index contributed by atoms with van der Waals surface area (Å²) in [5.74, 6) is -1.74. The maximum Gasteiger partial charge on any atom is 0.303 e. The lowest BCUT2D eigenvalue weighted by Gasteiger charge is -2.12. The number of amides is 1. The van der Waals surface area contributed by atoms with Crippen LogP contribution in [0.1, 0.15) is 19.8 Å². The summed E-state index contributed by atoms with van der Waals surface area (Å²) in [6, 6.07) is 6.00. The van der Waals surface area contributed by atoms with Crippen molar-refractivity contribution in [2.75, 3.05) is 12.4 Å². The van der Waals surface area contributed by atoms with Crippen molar-refractivity contribution in [1.82, 2.24) is 4.72 Å². The maximum atomic E-state index is 11.9. The second-order valence-electron chi connectivity index (χ2n) is 4.66. The van der Waals surface area contributed by atoms with E-state index in [9.17, 15) is 18.0 Å². The standard InChI is InChI=1S/C13H18N2O5S/c1-9(8-13(17)18)7-12(16)15-10-5-3-4-6-11(10)21(19,20)14-2/h3-6,9,14H,7-8H2,1-2H3,(H,15,16)(H,17,18). The average Bonchev–Trinajstić information content (AvgIpc) is 2.37. The smallest absolute Gasteiger partial charge is 0.303 e. The zero-order valence-corrected chi connectivity index (χ0v) is 12.6. The summed E-state index contributed by atoms with van der Waals surface area (Å²) in [6.45, 7) is 1.64. The number of hydrogen-bond acceptors (Lipinski definition) is 4. The minimum Gasteiger partial charge on any atom is -0.481 e. The van der Waals surface area contributed by atoms with Crippen molar-refractivity contribution in [2.24, 2.45) is 5.92 Å². The first-order valence-electron chi connectivity index (χ1n) is 6.30. The number of carbonyl (C=O) groups is 2. The first-order chi connectivity index (χ1) is 9.76. The number of para-hydroxylation sites is 1. The van der Waals surface area contributed by atoms with Crippen molar-refractivity contribution in [1.29, 1.82) is 0 Å². The van der Waals surface area contributed by atoms with Crippen LogP contribution in [-0.2, 0) is 19.6 Å². The molecule has 0 fully saturated rings. The molecule has 21 heavy (non-hydrogen) atoms. The van der Waals surface area contributed by atoms with Gasteiger partial charge >= 0.3 is 5.97 Å². The predicted octanol–water partition coefficient (Wildman–Crippen LogP) is 1.03. The van der Waals surface area contributed by atoms with E-state index in [1.54, 1.807) is 19.1 Å². The summed E-state index contributed by atoms with van der Waals surface area (Å²) < 4.78 is 25.8. The highest BCUT2D eigenvalue weighted by atomic mass is 32.2. The minimum absolute atomic E-state index is 0.000234. The molecule has 7 nitrogen and oxygen atoms in total. The van der Waals surface area contributed by atoms with Crippen LogP contribution in [-0.4, -0.2) is 32.4 Å². The lowest BCUT2D eigenvalue weighted by atomic mass is 10.0. The van der Waals surface area contributed by atoms with E-state index >= 15 is 0 Å². The summed E-state index contributed by atoms with van der Waals surface area (Å²) in [5.41, 5.74) is 0.166. The van der Waals surface area contributed by atoms with E-state index in [2.05, 4.69) is 10.0 Å². The van der Waals surface area contributed by atoms with Gasteiger partial charge in [0.2, 0.25) is 15.9 Å². The molecule has 3 N–H and O–H groups in total. The number of anilines is 1. The van der Waals surface area contributed by atoms with E-state index < -0.39 is 21.9 Å². The molecule has 1 atom stereocenters. The third-order valence-electron chi connectivity index (χ3n) is 2.78. The molecule has 0 aliphatic heterocycles. The Morgan fingerprint density at radius 2 is 1.86 bits per heavy atom.